The molecule has 1 fully saturated rings. The van der Waals surface area contributed by atoms with E-state index >= 15 is 0 Å². The zero-order valence-electron chi connectivity index (χ0n) is 16.0. The Kier molecular flexibility index (Phi) is 5.13. The van der Waals surface area contributed by atoms with Crippen LogP contribution in [0.25, 0.3) is 0 Å². The smallest absolute Gasteiger partial charge is 0.136 e. The molecule has 0 aromatic heterocycles. The molecule has 1 aliphatic heterocycles. The highest BCUT2D eigenvalue weighted by atomic mass is 16.5. The second kappa shape index (κ2) is 7.69. The van der Waals surface area contributed by atoms with Crippen LogP contribution in [-0.4, -0.2) is 30.9 Å². The third-order valence-electron chi connectivity index (χ3n) is 6.02. The van der Waals surface area contributed by atoms with Gasteiger partial charge in [0.2, 0.25) is 0 Å². The number of hydrogen-bond donors (Lipinski definition) is 0. The normalized spacial score (nSPS) is 22.9. The van der Waals surface area contributed by atoms with Crippen LogP contribution in [0.1, 0.15) is 30.4 Å². The largest absolute Gasteiger partial charge is 0.497 e. The summed E-state index contributed by atoms with van der Waals surface area (Å²) in [5.74, 6) is 1.29. The third-order valence-corrected chi connectivity index (χ3v) is 6.02. The molecule has 0 bridgehead atoms. The van der Waals surface area contributed by atoms with Crippen LogP contribution >= 0.6 is 0 Å². The topological polar surface area (TPSA) is 29.5 Å². The van der Waals surface area contributed by atoms with Crippen LogP contribution < -0.4 is 4.74 Å². The lowest BCUT2D eigenvalue weighted by atomic mass is 9.65. The van der Waals surface area contributed by atoms with Crippen molar-refractivity contribution in [3.8, 4) is 5.75 Å². The first-order valence-corrected chi connectivity index (χ1v) is 9.77. The molecule has 2 aromatic rings. The Morgan fingerprint density at radius 3 is 2.56 bits per heavy atom. The Bertz CT molecular complexity index is 825. The number of fused-ring (bicyclic) bond motifs is 1. The van der Waals surface area contributed by atoms with E-state index in [-0.39, 0.29) is 5.41 Å². The second-order valence-corrected chi connectivity index (χ2v) is 7.91. The van der Waals surface area contributed by atoms with Gasteiger partial charge in [-0.15, -0.1) is 0 Å². The van der Waals surface area contributed by atoms with Gasteiger partial charge < -0.3 is 4.74 Å². The number of rotatable bonds is 5. The average Bonchev–Trinajstić information content (AvgIpc) is 2.70. The molecule has 0 radical (unpaired) electrons. The lowest BCUT2D eigenvalue weighted by molar-refractivity contribution is -0.120. The maximum Gasteiger partial charge on any atom is 0.136 e. The Labute approximate surface area is 161 Å². The molecule has 1 atom stereocenters. The minimum absolute atomic E-state index is 0.0972. The number of carbonyl (C=O) groups excluding carboxylic acids is 1. The molecule has 140 valence electrons. The molecule has 3 nitrogen and oxygen atoms in total. The van der Waals surface area contributed by atoms with Crippen molar-refractivity contribution in [2.75, 3.05) is 20.2 Å². The first kappa shape index (κ1) is 18.0. The van der Waals surface area contributed by atoms with Crippen molar-refractivity contribution < 1.29 is 9.53 Å². The fourth-order valence-corrected chi connectivity index (χ4v) is 4.58. The molecule has 3 heteroatoms. The molecule has 0 saturated heterocycles. The molecule has 1 heterocycles. The number of benzene rings is 2. The van der Waals surface area contributed by atoms with Gasteiger partial charge in [-0.2, -0.15) is 0 Å². The summed E-state index contributed by atoms with van der Waals surface area (Å²) < 4.78 is 5.27. The van der Waals surface area contributed by atoms with Gasteiger partial charge in [-0.25, -0.2) is 0 Å². The maximum atomic E-state index is 12.1. The molecule has 0 spiro atoms. The first-order chi connectivity index (χ1) is 13.2. The Balaban J connectivity index is 1.55. The van der Waals surface area contributed by atoms with Crippen molar-refractivity contribution in [2.45, 2.75) is 32.2 Å². The van der Waals surface area contributed by atoms with Gasteiger partial charge in [0.05, 0.1) is 7.11 Å². The molecule has 1 saturated carbocycles. The van der Waals surface area contributed by atoms with Gasteiger partial charge in [0.25, 0.3) is 0 Å². The van der Waals surface area contributed by atoms with Crippen LogP contribution in [-0.2, 0) is 17.8 Å². The summed E-state index contributed by atoms with van der Waals surface area (Å²) in [6.07, 6.45) is 5.66. The van der Waals surface area contributed by atoms with Crippen LogP contribution in [0.2, 0.25) is 0 Å². The quantitative estimate of drug-likeness (QED) is 0.739. The van der Waals surface area contributed by atoms with E-state index in [1.165, 1.54) is 16.7 Å². The van der Waals surface area contributed by atoms with Crippen molar-refractivity contribution in [3.63, 3.8) is 0 Å². The predicted octanol–water partition coefficient (Wildman–Crippen LogP) is 4.42. The zero-order chi connectivity index (χ0) is 18.7. The Hall–Kier alpha value is -2.39. The number of nitrogens with zero attached hydrogens (tertiary/aromatic N) is 1. The van der Waals surface area contributed by atoms with Crippen LogP contribution in [0, 0.1) is 5.41 Å². The van der Waals surface area contributed by atoms with E-state index in [0.29, 0.717) is 18.6 Å². The Morgan fingerprint density at radius 2 is 1.81 bits per heavy atom. The van der Waals surface area contributed by atoms with Crippen molar-refractivity contribution in [1.29, 1.82) is 0 Å². The van der Waals surface area contributed by atoms with Crippen LogP contribution in [0.5, 0.6) is 5.75 Å². The van der Waals surface area contributed by atoms with Crippen molar-refractivity contribution in [3.05, 3.63) is 77.4 Å². The summed E-state index contributed by atoms with van der Waals surface area (Å²) >= 11 is 0. The van der Waals surface area contributed by atoms with Gasteiger partial charge in [0, 0.05) is 37.9 Å². The highest BCUT2D eigenvalue weighted by Crippen LogP contribution is 2.45. The molecule has 4 rings (SSSR count). The number of Topliss-reactive ketones (excluding diaryl/α,β-unsaturated/α-hetero) is 1. The predicted molar refractivity (Wildman–Crippen MR) is 108 cm³/mol. The number of ether oxygens (including phenoxy) is 1. The molecule has 1 aliphatic carbocycles. The lowest BCUT2D eigenvalue weighted by Crippen LogP contribution is -2.46. The SMILES string of the molecule is COc1ccc(CN2CC=C3CC(=O)CCC3(Cc3ccccc3)C2)cc1. The summed E-state index contributed by atoms with van der Waals surface area (Å²) in [7, 11) is 1.70. The summed E-state index contributed by atoms with van der Waals surface area (Å²) in [6, 6.07) is 19.1. The number of ketones is 1. The van der Waals surface area contributed by atoms with Crippen molar-refractivity contribution >= 4 is 5.78 Å². The van der Waals surface area contributed by atoms with Crippen molar-refractivity contribution in [1.82, 2.24) is 4.90 Å². The fraction of sp³-hybridized carbons (Fsp3) is 0.375. The fourth-order valence-electron chi connectivity index (χ4n) is 4.58. The Morgan fingerprint density at radius 1 is 1.04 bits per heavy atom. The zero-order valence-corrected chi connectivity index (χ0v) is 16.0. The molecule has 1 unspecified atom stereocenters. The first-order valence-electron chi connectivity index (χ1n) is 9.77. The highest BCUT2D eigenvalue weighted by molar-refractivity contribution is 5.82. The minimum atomic E-state index is 0.0972. The molecule has 0 N–H and O–H groups in total. The van der Waals surface area contributed by atoms with E-state index in [1.807, 2.05) is 12.1 Å². The van der Waals surface area contributed by atoms with Crippen LogP contribution in [0.3, 0.4) is 0 Å². The molecule has 2 aromatic carbocycles. The summed E-state index contributed by atoms with van der Waals surface area (Å²) in [5, 5.41) is 0. The van der Waals surface area contributed by atoms with Crippen LogP contribution in [0.15, 0.2) is 66.2 Å². The summed E-state index contributed by atoms with van der Waals surface area (Å²) in [4.78, 5) is 14.6. The number of carbonyl (C=O) groups is 1. The van der Waals surface area contributed by atoms with E-state index in [2.05, 4.69) is 53.4 Å². The van der Waals surface area contributed by atoms with Gasteiger partial charge in [-0.05, 0) is 36.1 Å². The van der Waals surface area contributed by atoms with E-state index in [1.54, 1.807) is 7.11 Å². The lowest BCUT2D eigenvalue weighted by Gasteiger charge is -2.46. The number of hydrogen-bond acceptors (Lipinski definition) is 3. The molecule has 27 heavy (non-hydrogen) atoms. The molecule has 0 amide bonds. The van der Waals surface area contributed by atoms with Gasteiger partial charge in [-0.3, -0.25) is 9.69 Å². The van der Waals surface area contributed by atoms with E-state index < -0.39 is 0 Å². The summed E-state index contributed by atoms with van der Waals surface area (Å²) in [6.45, 7) is 2.87. The maximum absolute atomic E-state index is 12.1. The second-order valence-electron chi connectivity index (χ2n) is 7.91. The molecular weight excluding hydrogens is 334 g/mol. The van der Waals surface area contributed by atoms with E-state index in [9.17, 15) is 4.79 Å². The molecular formula is C24H27NO2. The van der Waals surface area contributed by atoms with Gasteiger partial charge in [-0.1, -0.05) is 54.1 Å². The van der Waals surface area contributed by atoms with Crippen molar-refractivity contribution in [2.24, 2.45) is 5.41 Å². The average molecular weight is 361 g/mol. The third kappa shape index (κ3) is 3.98. The summed E-state index contributed by atoms with van der Waals surface area (Å²) in [5.41, 5.74) is 4.13. The minimum Gasteiger partial charge on any atom is -0.497 e. The monoisotopic (exact) mass is 361 g/mol. The number of methoxy groups -OCH3 is 1. The van der Waals surface area contributed by atoms with Gasteiger partial charge in [0.15, 0.2) is 0 Å². The highest BCUT2D eigenvalue weighted by Gasteiger charge is 2.42. The molecule has 2 aliphatic rings. The van der Waals surface area contributed by atoms with E-state index in [0.717, 1.165) is 38.2 Å². The van der Waals surface area contributed by atoms with Gasteiger partial charge in [0.1, 0.15) is 11.5 Å². The van der Waals surface area contributed by atoms with E-state index in [4.69, 9.17) is 4.74 Å². The van der Waals surface area contributed by atoms with Gasteiger partial charge >= 0.3 is 0 Å². The van der Waals surface area contributed by atoms with Crippen LogP contribution in [0.4, 0.5) is 0 Å². The standard InChI is InChI=1S/C24H27NO2/c1-27-23-9-7-20(8-10-23)17-25-14-12-21-15-22(26)11-13-24(21,18-25)16-19-5-3-2-4-6-19/h2-10,12H,11,13-18H2,1H3.